The van der Waals surface area contributed by atoms with Gasteiger partial charge in [0.15, 0.2) is 0 Å². The minimum Gasteiger partial charge on any atom is -0.394 e. The summed E-state index contributed by atoms with van der Waals surface area (Å²) in [6, 6.07) is -7.11. The van der Waals surface area contributed by atoms with Gasteiger partial charge in [-0.05, 0) is 193 Å². The van der Waals surface area contributed by atoms with Crippen molar-refractivity contribution in [2.75, 3.05) is 19.7 Å². The summed E-state index contributed by atoms with van der Waals surface area (Å²) in [7, 11) is 0. The van der Waals surface area contributed by atoms with E-state index in [1.165, 1.54) is 136 Å². The summed E-state index contributed by atoms with van der Waals surface area (Å²) in [6.45, 7) is 33.3. The average molecular weight is 1920 g/mol. The van der Waals surface area contributed by atoms with Gasteiger partial charge in [0, 0.05) is 32.7 Å². The van der Waals surface area contributed by atoms with Crippen molar-refractivity contribution in [1.82, 2.24) is 106 Å². The van der Waals surface area contributed by atoms with Crippen molar-refractivity contribution < 1.29 is 115 Å². The molecule has 1 saturated heterocycles. The van der Waals surface area contributed by atoms with E-state index in [2.05, 4.69) is 101 Å². The zero-order valence-electron chi connectivity index (χ0n) is 82.8. The highest BCUT2D eigenvalue weighted by Crippen LogP contribution is 2.22. The molecular weight excluding hydrogens is 1780 g/mol. The Labute approximate surface area is 792 Å². The first-order chi connectivity index (χ1) is 62.3. The maximum Gasteiger partial charge on any atom is 0.246 e. The lowest BCUT2D eigenvalue weighted by molar-refractivity contribution is -0.143. The van der Waals surface area contributed by atoms with Crippen LogP contribution in [0.25, 0.3) is 0 Å². The Morgan fingerprint density at radius 2 is 0.735 bits per heavy atom. The molecule has 23 amide bonds. The van der Waals surface area contributed by atoms with Crippen LogP contribution in [-0.4, -0.2) is 277 Å². The standard InChI is InChI=1S/C89H147N23O24/c1-44(2)40-57(70(124)94-50(10)75(129)112-39-29-32-58(112)72(126)103-63(45(3)4)73(127)110-89(24,25)82(136)111-88(22,23)80(134)102-55(34-37-60(91)116)69(123)101-54(33-36-59(90)115)68(122)98-53(43-113)41-52-30-27-26-28-31-52)99-62(118)42-93-76(130)83(12,13)109-74(128)64(46(5)6)104-81(135)87(20,21)108-71(125)56(35-38-61(92)117)100-65(119)47(7)95-78(132)85(16,17)106-67(121)49(9)97-79(133)86(18,19)107-66(120)48(8)96-77(131)84(14,15)105-51(11)114/h26-28,30-31,44-50,53-58,63-64,113H,29,32-43H2,1-25H3,(H2,90,115)(H2,91,116)(H2,92,117)(H,93,130)(H,94,124)(H,95,132)(H,96,131)(H,97,133)(H,98,122)(H,99,118)(H,100,119)(H,101,123)(H,102,134)(H,103,126)(H,104,135)(H,105,114)(H,106,121)(H,107,120)(H,108,125)(H,109,128)(H,110,127)(H,111,136)/t47-,48+,49-,50-,53+,54+,55+,56+,57+,58-,63+,64+/m0/s1. The third kappa shape index (κ3) is 38.8. The predicted octanol–water partition coefficient (Wildman–Crippen LogP) is -5.82. The summed E-state index contributed by atoms with van der Waals surface area (Å²) in [5.41, 5.74) is 4.69. The maximum absolute atomic E-state index is 14.3. The van der Waals surface area contributed by atoms with Crippen LogP contribution in [0.1, 0.15) is 236 Å². The van der Waals surface area contributed by atoms with Gasteiger partial charge in [0.2, 0.25) is 136 Å². The van der Waals surface area contributed by atoms with Crippen LogP contribution in [-0.2, 0) is 117 Å². The highest BCUT2D eigenvalue weighted by Gasteiger charge is 2.46. The highest BCUT2D eigenvalue weighted by atomic mass is 16.3. The van der Waals surface area contributed by atoms with E-state index in [9.17, 15) is 115 Å². The maximum atomic E-state index is 14.3. The van der Waals surface area contributed by atoms with E-state index in [1.807, 2.05) is 0 Å². The molecule has 0 aromatic heterocycles. The first-order valence-corrected chi connectivity index (χ1v) is 45.0. The highest BCUT2D eigenvalue weighted by molar-refractivity contribution is 6.04. The second kappa shape index (κ2) is 51.6. The van der Waals surface area contributed by atoms with Gasteiger partial charge in [-0.25, -0.2) is 0 Å². The molecular formula is C89H147N23O24. The predicted molar refractivity (Wildman–Crippen MR) is 495 cm³/mol. The number of nitrogens with zero attached hydrogens (tertiary/aromatic N) is 1. The molecule has 0 saturated carbocycles. The molecule has 1 heterocycles. The van der Waals surface area contributed by atoms with Gasteiger partial charge in [-0.3, -0.25) is 110 Å². The molecule has 0 spiro atoms. The van der Waals surface area contributed by atoms with E-state index >= 15 is 0 Å². The number of rotatable bonds is 54. The third-order valence-electron chi connectivity index (χ3n) is 21.9. The summed E-state index contributed by atoms with van der Waals surface area (Å²) in [5.74, 6) is -21.3. The molecule has 47 nitrogen and oxygen atoms in total. The molecule has 762 valence electrons. The molecule has 0 radical (unpaired) electrons. The van der Waals surface area contributed by atoms with Crippen molar-refractivity contribution in [2.24, 2.45) is 35.0 Å². The SMILES string of the molecule is CC(=O)NC(C)(C)C(=O)N[C@H](C)C(=O)NC(C)(C)C(=O)N[C@@H](C)C(=O)NC(C)(C)C(=O)N[C@@H](C)C(=O)N[C@H](CCC(N)=O)C(=O)NC(C)(C)C(=O)N[C@@H](C(=O)NC(C)(C)C(=O)NCC(=O)N[C@H](CC(C)C)C(=O)N[C@@H](C)C(=O)N1CCC[C@H]1C(=O)N[C@@H](C(=O)NC(C)(C)C(=O)NC(C)(C)C(=O)N[C@H](CCC(N)=O)C(=O)N[C@H](CCC(N)=O)C(=O)N[C@@H](CO)Cc1ccccc1)C(C)C)C(C)C. The number of aliphatic hydroxyl groups is 1. The molecule has 1 aliphatic heterocycles. The number of nitrogens with one attached hydrogen (secondary N) is 19. The summed E-state index contributed by atoms with van der Waals surface area (Å²) >= 11 is 0. The Hall–Kier alpha value is -13.0. The van der Waals surface area contributed by atoms with Gasteiger partial charge in [0.05, 0.1) is 19.2 Å². The van der Waals surface area contributed by atoms with E-state index < -0.39 is 298 Å². The smallest absolute Gasteiger partial charge is 0.246 e. The van der Waals surface area contributed by atoms with E-state index in [0.717, 1.165) is 5.56 Å². The Morgan fingerprint density at radius 1 is 0.375 bits per heavy atom. The van der Waals surface area contributed by atoms with Crippen molar-refractivity contribution in [3.05, 3.63) is 35.9 Å². The molecule has 2 rings (SSSR count). The fourth-order valence-corrected chi connectivity index (χ4v) is 13.4. The van der Waals surface area contributed by atoms with Crippen LogP contribution in [0.3, 0.4) is 0 Å². The summed E-state index contributed by atoms with van der Waals surface area (Å²) in [4.78, 5) is 311. The number of carbonyl (C=O) groups is 23. The van der Waals surface area contributed by atoms with Crippen LogP contribution >= 0.6 is 0 Å². The van der Waals surface area contributed by atoms with Crippen LogP contribution in [0.4, 0.5) is 0 Å². The lowest BCUT2D eigenvalue weighted by atomic mass is 9.96. The third-order valence-corrected chi connectivity index (χ3v) is 21.9. The van der Waals surface area contributed by atoms with Gasteiger partial charge in [-0.2, -0.15) is 0 Å². The molecule has 12 atom stereocenters. The lowest BCUT2D eigenvalue weighted by Crippen LogP contribution is -2.66. The van der Waals surface area contributed by atoms with E-state index in [0.29, 0.717) is 6.42 Å². The quantitative estimate of drug-likeness (QED) is 0.0289. The number of carbonyl (C=O) groups excluding carboxylic acids is 23. The van der Waals surface area contributed by atoms with Gasteiger partial charge >= 0.3 is 0 Å². The Bertz CT molecular complexity index is 4550. The molecule has 26 N–H and O–H groups in total. The Balaban J connectivity index is 2.14. The number of hydrogen-bond donors (Lipinski definition) is 23. The second-order valence-electron chi connectivity index (χ2n) is 39.1. The molecule has 0 unspecified atom stereocenters. The normalized spacial score (nSPS) is 15.4. The van der Waals surface area contributed by atoms with Crippen LogP contribution in [0.2, 0.25) is 0 Å². The van der Waals surface area contributed by atoms with Crippen molar-refractivity contribution in [1.29, 1.82) is 0 Å². The number of aliphatic hydroxyl groups excluding tert-OH is 1. The van der Waals surface area contributed by atoms with E-state index in [-0.39, 0.29) is 44.6 Å². The van der Waals surface area contributed by atoms with Gasteiger partial charge < -0.3 is 128 Å². The second-order valence-corrected chi connectivity index (χ2v) is 39.1. The van der Waals surface area contributed by atoms with Gasteiger partial charge in [-0.1, -0.05) is 71.9 Å². The number of amides is 23. The lowest BCUT2D eigenvalue weighted by Gasteiger charge is -2.34. The first-order valence-electron chi connectivity index (χ1n) is 45.0. The van der Waals surface area contributed by atoms with E-state index in [4.69, 9.17) is 17.2 Å². The van der Waals surface area contributed by atoms with Gasteiger partial charge in [0.25, 0.3) is 0 Å². The molecule has 1 aromatic carbocycles. The minimum atomic E-state index is -1.91. The zero-order chi connectivity index (χ0) is 105. The largest absolute Gasteiger partial charge is 0.394 e. The molecule has 1 fully saturated rings. The van der Waals surface area contributed by atoms with Crippen LogP contribution in [0.5, 0.6) is 0 Å². The monoisotopic (exact) mass is 1920 g/mol. The molecule has 0 bridgehead atoms. The van der Waals surface area contributed by atoms with Crippen molar-refractivity contribution in [3.8, 4) is 0 Å². The Kier molecular flexibility index (Phi) is 45.2. The summed E-state index contributed by atoms with van der Waals surface area (Å²) in [5, 5.41) is 57.9. The first kappa shape index (κ1) is 119. The van der Waals surface area contributed by atoms with Crippen LogP contribution in [0.15, 0.2) is 30.3 Å². The number of primary amides is 3. The fourth-order valence-electron chi connectivity index (χ4n) is 13.4. The van der Waals surface area contributed by atoms with E-state index in [1.54, 1.807) is 71.9 Å². The Morgan fingerprint density at radius 3 is 1.17 bits per heavy atom. The van der Waals surface area contributed by atoms with Gasteiger partial charge in [-0.15, -0.1) is 0 Å². The summed E-state index contributed by atoms with van der Waals surface area (Å²) in [6.07, 6.45) is -1.75. The fraction of sp³-hybridized carbons (Fsp3) is 0.674. The number of benzene rings is 1. The zero-order valence-corrected chi connectivity index (χ0v) is 82.8. The summed E-state index contributed by atoms with van der Waals surface area (Å²) < 4.78 is 0. The van der Waals surface area contributed by atoms with Crippen molar-refractivity contribution in [3.63, 3.8) is 0 Å². The average Bonchev–Trinajstić information content (AvgIpc) is 1.73. The number of nitrogens with two attached hydrogens (primary N) is 3. The molecule has 1 aliphatic rings. The van der Waals surface area contributed by atoms with Crippen molar-refractivity contribution >= 4 is 136 Å². The number of hydrogen-bond acceptors (Lipinski definition) is 24. The minimum absolute atomic E-state index is 0.0168. The molecule has 136 heavy (non-hydrogen) atoms. The van der Waals surface area contributed by atoms with Gasteiger partial charge in [0.1, 0.15) is 105 Å². The molecule has 0 aliphatic carbocycles. The molecule has 1 aromatic rings. The molecule has 47 heteroatoms. The number of likely N-dealkylation sites (tertiary alicyclic amines) is 1. The topological polar surface area (TPSA) is 723 Å². The van der Waals surface area contributed by atoms with Crippen LogP contribution < -0.4 is 118 Å². The van der Waals surface area contributed by atoms with Crippen molar-refractivity contribution in [2.45, 2.75) is 349 Å². The van der Waals surface area contributed by atoms with Crippen LogP contribution in [0, 0.1) is 17.8 Å².